The van der Waals surface area contributed by atoms with Crippen LogP contribution < -0.4 is 14.7 Å². The molecule has 0 atom stereocenters. The van der Waals surface area contributed by atoms with Gasteiger partial charge in [0.05, 0.1) is 0 Å². The lowest BCUT2D eigenvalue weighted by Crippen LogP contribution is -2.16. The summed E-state index contributed by atoms with van der Waals surface area (Å²) in [5.41, 5.74) is 0. The first-order valence-electron chi connectivity index (χ1n) is 5.17. The largest absolute Gasteiger partial charge is 0.347 e. The predicted octanol–water partition coefficient (Wildman–Crippen LogP) is -0.422. The molecular formula is C9H14N6. The Balaban J connectivity index is 1.99. The Bertz CT molecular complexity index is 322. The highest BCUT2D eigenvalue weighted by Crippen LogP contribution is 2.24. The van der Waals surface area contributed by atoms with Gasteiger partial charge in [-0.3, -0.25) is 0 Å². The van der Waals surface area contributed by atoms with E-state index in [9.17, 15) is 0 Å². The molecule has 15 heavy (non-hydrogen) atoms. The highest BCUT2D eigenvalue weighted by atomic mass is 15.4. The number of hydrogen-bond acceptors (Lipinski definition) is 6. The summed E-state index contributed by atoms with van der Waals surface area (Å²) in [4.78, 5) is 19.5. The maximum absolute atomic E-state index is 4.44. The van der Waals surface area contributed by atoms with Crippen LogP contribution in [-0.4, -0.2) is 55.2 Å². The molecule has 0 radical (unpaired) electrons. The molecule has 0 bridgehead atoms. The van der Waals surface area contributed by atoms with E-state index in [0.717, 1.165) is 44.0 Å². The standard InChI is InChI=1S/C9H14N6/c1-13(2)7-10-8(14-3-4-14)12-9(11-7)15-5-6-15/h3-6H2,1-2H3. The van der Waals surface area contributed by atoms with Crippen LogP contribution in [0.25, 0.3) is 0 Å². The predicted molar refractivity (Wildman–Crippen MR) is 58.6 cm³/mol. The monoisotopic (exact) mass is 206 g/mol. The average molecular weight is 206 g/mol. The average Bonchev–Trinajstić information content (AvgIpc) is 3.06. The quantitative estimate of drug-likeness (QED) is 0.626. The van der Waals surface area contributed by atoms with E-state index in [1.54, 1.807) is 0 Å². The maximum Gasteiger partial charge on any atom is 0.232 e. The van der Waals surface area contributed by atoms with Crippen LogP contribution in [0, 0.1) is 0 Å². The summed E-state index contributed by atoms with van der Waals surface area (Å²) in [7, 11) is 3.90. The van der Waals surface area contributed by atoms with Gasteiger partial charge in [0.15, 0.2) is 0 Å². The van der Waals surface area contributed by atoms with Gasteiger partial charge in [-0.05, 0) is 0 Å². The highest BCUT2D eigenvalue weighted by Gasteiger charge is 2.27. The molecule has 0 N–H and O–H groups in total. The Morgan fingerprint density at radius 2 is 1.33 bits per heavy atom. The molecule has 0 aliphatic carbocycles. The van der Waals surface area contributed by atoms with Gasteiger partial charge in [-0.15, -0.1) is 0 Å². The number of aromatic nitrogens is 3. The number of rotatable bonds is 3. The van der Waals surface area contributed by atoms with Gasteiger partial charge in [0, 0.05) is 40.3 Å². The van der Waals surface area contributed by atoms with E-state index in [2.05, 4.69) is 24.8 Å². The third-order valence-corrected chi connectivity index (χ3v) is 2.46. The molecule has 1 aromatic heterocycles. The van der Waals surface area contributed by atoms with Crippen molar-refractivity contribution in [3.05, 3.63) is 0 Å². The van der Waals surface area contributed by atoms with Crippen molar-refractivity contribution in [2.75, 3.05) is 55.0 Å². The van der Waals surface area contributed by atoms with Gasteiger partial charge in [0.1, 0.15) is 0 Å². The number of nitrogens with zero attached hydrogens (tertiary/aromatic N) is 6. The molecule has 1 aromatic rings. The number of hydrogen-bond donors (Lipinski definition) is 0. The van der Waals surface area contributed by atoms with Crippen LogP contribution in [0.15, 0.2) is 0 Å². The van der Waals surface area contributed by atoms with E-state index in [0.29, 0.717) is 0 Å². The molecule has 3 rings (SSSR count). The van der Waals surface area contributed by atoms with E-state index in [4.69, 9.17) is 0 Å². The molecule has 80 valence electrons. The van der Waals surface area contributed by atoms with Gasteiger partial charge in [-0.25, -0.2) is 0 Å². The minimum Gasteiger partial charge on any atom is -0.347 e. The van der Waals surface area contributed by atoms with Gasteiger partial charge < -0.3 is 14.7 Å². The second-order valence-electron chi connectivity index (χ2n) is 4.10. The van der Waals surface area contributed by atoms with E-state index in [-0.39, 0.29) is 0 Å². The zero-order valence-corrected chi connectivity index (χ0v) is 9.01. The first kappa shape index (κ1) is 8.70. The topological polar surface area (TPSA) is 47.9 Å². The maximum atomic E-state index is 4.44. The van der Waals surface area contributed by atoms with Crippen LogP contribution in [0.5, 0.6) is 0 Å². The van der Waals surface area contributed by atoms with Crippen LogP contribution in [0.1, 0.15) is 0 Å². The molecule has 2 aliphatic rings. The minimum absolute atomic E-state index is 0.744. The second-order valence-corrected chi connectivity index (χ2v) is 4.10. The summed E-state index contributed by atoms with van der Waals surface area (Å²) < 4.78 is 0. The zero-order chi connectivity index (χ0) is 10.4. The molecular weight excluding hydrogens is 192 g/mol. The summed E-state index contributed by atoms with van der Waals surface area (Å²) >= 11 is 0. The molecule has 0 unspecified atom stereocenters. The Morgan fingerprint density at radius 3 is 1.67 bits per heavy atom. The summed E-state index contributed by atoms with van der Waals surface area (Å²) in [6.45, 7) is 4.26. The van der Waals surface area contributed by atoms with Crippen LogP contribution >= 0.6 is 0 Å². The second kappa shape index (κ2) is 2.95. The lowest BCUT2D eigenvalue weighted by molar-refractivity contribution is 0.938. The molecule has 2 aliphatic heterocycles. The third-order valence-electron chi connectivity index (χ3n) is 2.46. The van der Waals surface area contributed by atoms with Gasteiger partial charge >= 0.3 is 0 Å². The first-order chi connectivity index (χ1) is 7.24. The Hall–Kier alpha value is -1.59. The van der Waals surface area contributed by atoms with Crippen molar-refractivity contribution < 1.29 is 0 Å². The lowest BCUT2D eigenvalue weighted by atomic mass is 10.7. The first-order valence-corrected chi connectivity index (χ1v) is 5.17. The lowest BCUT2D eigenvalue weighted by Gasteiger charge is -2.13. The van der Waals surface area contributed by atoms with Crippen molar-refractivity contribution in [2.24, 2.45) is 0 Å². The molecule has 0 spiro atoms. The SMILES string of the molecule is CN(C)c1nc(N2CC2)nc(N2CC2)n1. The zero-order valence-electron chi connectivity index (χ0n) is 9.01. The fraction of sp³-hybridized carbons (Fsp3) is 0.667. The molecule has 3 heterocycles. The molecule has 0 amide bonds. The summed E-state index contributed by atoms with van der Waals surface area (Å²) in [5, 5.41) is 0. The van der Waals surface area contributed by atoms with Crippen LogP contribution in [0.3, 0.4) is 0 Å². The third kappa shape index (κ3) is 1.67. The van der Waals surface area contributed by atoms with Crippen molar-refractivity contribution in [2.45, 2.75) is 0 Å². The van der Waals surface area contributed by atoms with Crippen LogP contribution in [-0.2, 0) is 0 Å². The van der Waals surface area contributed by atoms with E-state index >= 15 is 0 Å². The van der Waals surface area contributed by atoms with Crippen molar-refractivity contribution in [1.29, 1.82) is 0 Å². The van der Waals surface area contributed by atoms with Gasteiger partial charge in [-0.1, -0.05) is 0 Å². The Labute approximate surface area is 88.5 Å². The molecule has 6 heteroatoms. The highest BCUT2D eigenvalue weighted by molar-refractivity contribution is 5.50. The van der Waals surface area contributed by atoms with Crippen LogP contribution in [0.4, 0.5) is 17.8 Å². The van der Waals surface area contributed by atoms with E-state index in [1.165, 1.54) is 0 Å². The molecule has 0 saturated carbocycles. The Morgan fingerprint density at radius 1 is 0.867 bits per heavy atom. The Kier molecular flexibility index (Phi) is 1.71. The van der Waals surface area contributed by atoms with Gasteiger partial charge in [0.2, 0.25) is 17.8 Å². The van der Waals surface area contributed by atoms with Gasteiger partial charge in [-0.2, -0.15) is 15.0 Å². The van der Waals surface area contributed by atoms with Crippen LogP contribution in [0.2, 0.25) is 0 Å². The molecule has 2 fully saturated rings. The van der Waals surface area contributed by atoms with Gasteiger partial charge in [0.25, 0.3) is 0 Å². The molecule has 2 saturated heterocycles. The summed E-state index contributed by atoms with van der Waals surface area (Å²) in [5.74, 6) is 2.38. The van der Waals surface area contributed by atoms with E-state index in [1.807, 2.05) is 19.0 Å². The fourth-order valence-corrected chi connectivity index (χ4v) is 1.33. The smallest absolute Gasteiger partial charge is 0.232 e. The van der Waals surface area contributed by atoms with Crippen molar-refractivity contribution in [1.82, 2.24) is 15.0 Å². The molecule has 0 aromatic carbocycles. The molecule has 6 nitrogen and oxygen atoms in total. The fourth-order valence-electron chi connectivity index (χ4n) is 1.33. The normalized spacial score (nSPS) is 18.0. The summed E-state index contributed by atoms with van der Waals surface area (Å²) in [6, 6.07) is 0. The van der Waals surface area contributed by atoms with Crippen molar-refractivity contribution in [3.63, 3.8) is 0 Å². The van der Waals surface area contributed by atoms with E-state index < -0.39 is 0 Å². The minimum atomic E-state index is 0.744. The number of anilines is 3. The summed E-state index contributed by atoms with van der Waals surface area (Å²) in [6.07, 6.45) is 0. The van der Waals surface area contributed by atoms with Crippen molar-refractivity contribution >= 4 is 17.8 Å². The van der Waals surface area contributed by atoms with Crippen molar-refractivity contribution in [3.8, 4) is 0 Å².